The van der Waals surface area contributed by atoms with E-state index in [1.54, 1.807) is 24.4 Å². The zero-order chi connectivity index (χ0) is 17.9. The fourth-order valence-electron chi connectivity index (χ4n) is 3.14. The highest BCUT2D eigenvalue weighted by Gasteiger charge is 2.23. The number of nitrogens with zero attached hydrogens (tertiary/aromatic N) is 2. The van der Waals surface area contributed by atoms with E-state index in [0.717, 1.165) is 22.4 Å². The Labute approximate surface area is 152 Å². The molecule has 3 aromatic carbocycles. The molecule has 0 fully saturated rings. The minimum Gasteiger partial charge on any atom is -0.504 e. The van der Waals surface area contributed by atoms with Crippen LogP contribution < -0.4 is 4.74 Å². The van der Waals surface area contributed by atoms with E-state index < -0.39 is 0 Å². The molecule has 0 unspecified atom stereocenters. The van der Waals surface area contributed by atoms with Crippen LogP contribution in [0.5, 0.6) is 11.5 Å². The molecule has 4 nitrogen and oxygen atoms in total. The van der Waals surface area contributed by atoms with Crippen LogP contribution in [0, 0.1) is 0 Å². The molecule has 4 rings (SSSR count). The zero-order valence-corrected chi connectivity index (χ0v) is 14.4. The van der Waals surface area contributed by atoms with Gasteiger partial charge in [-0.25, -0.2) is 0 Å². The summed E-state index contributed by atoms with van der Waals surface area (Å²) < 4.78 is 5.40. The first kappa shape index (κ1) is 16.1. The maximum Gasteiger partial charge on any atom is 0.161 e. The van der Waals surface area contributed by atoms with Crippen molar-refractivity contribution in [2.75, 3.05) is 6.61 Å². The van der Waals surface area contributed by atoms with Crippen molar-refractivity contribution in [2.45, 2.75) is 6.92 Å². The van der Waals surface area contributed by atoms with Crippen LogP contribution in [0.2, 0.25) is 0 Å². The van der Waals surface area contributed by atoms with Crippen LogP contribution >= 0.6 is 0 Å². The van der Waals surface area contributed by atoms with Gasteiger partial charge >= 0.3 is 0 Å². The second-order valence-electron chi connectivity index (χ2n) is 5.94. The molecule has 26 heavy (non-hydrogen) atoms. The lowest BCUT2D eigenvalue weighted by atomic mass is 10.1. The van der Waals surface area contributed by atoms with Crippen LogP contribution in [0.15, 0.2) is 76.9 Å². The Hall–Kier alpha value is -3.40. The number of ether oxygens (including phenoxy) is 1. The molecular formula is C22H18N2O2. The molecule has 0 radical (unpaired) electrons. The number of aromatic hydroxyl groups is 1. The minimum atomic E-state index is 0.119. The van der Waals surface area contributed by atoms with Gasteiger partial charge in [0.15, 0.2) is 11.5 Å². The third kappa shape index (κ3) is 2.86. The summed E-state index contributed by atoms with van der Waals surface area (Å²) in [6.07, 6.45) is 1.67. The average Bonchev–Trinajstić information content (AvgIpc) is 2.99. The number of benzene rings is 3. The van der Waals surface area contributed by atoms with E-state index in [1.807, 2.05) is 31.2 Å². The molecule has 0 heterocycles. The van der Waals surface area contributed by atoms with E-state index >= 15 is 0 Å². The summed E-state index contributed by atoms with van der Waals surface area (Å²) in [5.41, 5.74) is 6.23. The van der Waals surface area contributed by atoms with E-state index in [4.69, 9.17) is 4.74 Å². The molecule has 0 aliphatic heterocycles. The van der Waals surface area contributed by atoms with Crippen LogP contribution in [0.1, 0.15) is 23.6 Å². The van der Waals surface area contributed by atoms with Crippen LogP contribution in [0.25, 0.3) is 11.1 Å². The van der Waals surface area contributed by atoms with Crippen molar-refractivity contribution >= 4 is 11.9 Å². The molecule has 1 N–H and O–H groups in total. The maximum atomic E-state index is 9.79. The fourth-order valence-corrected chi connectivity index (χ4v) is 3.14. The van der Waals surface area contributed by atoms with E-state index in [9.17, 15) is 5.11 Å². The summed E-state index contributed by atoms with van der Waals surface area (Å²) in [6.45, 7) is 2.37. The highest BCUT2D eigenvalue weighted by Crippen LogP contribution is 2.36. The molecule has 0 atom stereocenters. The Morgan fingerprint density at radius 3 is 2.12 bits per heavy atom. The molecule has 0 bridgehead atoms. The molecule has 1 aliphatic rings. The predicted molar refractivity (Wildman–Crippen MR) is 104 cm³/mol. The zero-order valence-electron chi connectivity index (χ0n) is 14.4. The van der Waals surface area contributed by atoms with Crippen LogP contribution in [0.3, 0.4) is 0 Å². The molecule has 3 aromatic rings. The van der Waals surface area contributed by atoms with Crippen LogP contribution in [-0.2, 0) is 0 Å². The Balaban J connectivity index is 1.69. The second kappa shape index (κ2) is 6.84. The van der Waals surface area contributed by atoms with E-state index in [-0.39, 0.29) is 5.75 Å². The van der Waals surface area contributed by atoms with Gasteiger partial charge in [-0.05, 0) is 41.8 Å². The summed E-state index contributed by atoms with van der Waals surface area (Å²) in [7, 11) is 0. The molecule has 0 saturated carbocycles. The highest BCUT2D eigenvalue weighted by atomic mass is 16.5. The molecule has 0 aromatic heterocycles. The van der Waals surface area contributed by atoms with Gasteiger partial charge in [-0.2, -0.15) is 5.10 Å². The highest BCUT2D eigenvalue weighted by molar-refractivity contribution is 6.24. The molecule has 0 amide bonds. The van der Waals surface area contributed by atoms with Crippen LogP contribution in [-0.4, -0.2) is 23.6 Å². The lowest BCUT2D eigenvalue weighted by Crippen LogP contribution is -1.97. The lowest BCUT2D eigenvalue weighted by molar-refractivity contribution is 0.318. The SMILES string of the molecule is CCOc1cc(/C=N/N=C2c3ccccc3-c3ccccc32)ccc1O. The Morgan fingerprint density at radius 1 is 0.885 bits per heavy atom. The Kier molecular flexibility index (Phi) is 4.23. The topological polar surface area (TPSA) is 54.2 Å². The molecule has 1 aliphatic carbocycles. The number of phenols is 1. The fraction of sp³-hybridized carbons (Fsp3) is 0.0909. The van der Waals surface area contributed by atoms with Gasteiger partial charge in [0.25, 0.3) is 0 Å². The third-order valence-corrected chi connectivity index (χ3v) is 4.30. The number of phenolic OH excluding ortho intramolecular Hbond substituents is 1. The van der Waals surface area contributed by atoms with Gasteiger partial charge in [0.05, 0.1) is 12.8 Å². The van der Waals surface area contributed by atoms with Crippen molar-refractivity contribution < 1.29 is 9.84 Å². The number of rotatable bonds is 4. The summed E-state index contributed by atoms with van der Waals surface area (Å²) in [5, 5.41) is 18.5. The summed E-state index contributed by atoms with van der Waals surface area (Å²) in [4.78, 5) is 0. The van der Waals surface area contributed by atoms with E-state index in [1.165, 1.54) is 11.1 Å². The standard InChI is InChI=1S/C22H18N2O2/c1-2-26-21-13-15(11-12-20(21)25)14-23-24-22-18-9-5-3-7-16(18)17-8-4-6-10-19(17)22/h3-14,25H,2H2,1H3/b23-14+. The van der Waals surface area contributed by atoms with Gasteiger partial charge in [-0.3, -0.25) is 0 Å². The Bertz CT molecular complexity index is 975. The molecule has 4 heteroatoms. The van der Waals surface area contributed by atoms with Gasteiger partial charge in [-0.15, -0.1) is 5.10 Å². The van der Waals surface area contributed by atoms with Gasteiger partial charge < -0.3 is 9.84 Å². The van der Waals surface area contributed by atoms with Crippen molar-refractivity contribution in [3.8, 4) is 22.6 Å². The van der Waals surface area contributed by atoms with Crippen molar-refractivity contribution in [2.24, 2.45) is 10.2 Å². The monoisotopic (exact) mass is 342 g/mol. The lowest BCUT2D eigenvalue weighted by Gasteiger charge is -2.05. The second-order valence-corrected chi connectivity index (χ2v) is 5.94. The number of fused-ring (bicyclic) bond motifs is 3. The van der Waals surface area contributed by atoms with E-state index in [2.05, 4.69) is 34.5 Å². The average molecular weight is 342 g/mol. The first-order valence-corrected chi connectivity index (χ1v) is 8.54. The number of hydrogen-bond acceptors (Lipinski definition) is 4. The van der Waals surface area contributed by atoms with Crippen LogP contribution in [0.4, 0.5) is 0 Å². The summed E-state index contributed by atoms with van der Waals surface area (Å²) >= 11 is 0. The minimum absolute atomic E-state index is 0.119. The maximum absolute atomic E-state index is 9.79. The van der Waals surface area contributed by atoms with Crippen molar-refractivity contribution in [3.63, 3.8) is 0 Å². The van der Waals surface area contributed by atoms with Gasteiger partial charge in [0, 0.05) is 11.1 Å². The molecule has 0 saturated heterocycles. The Morgan fingerprint density at radius 2 is 1.50 bits per heavy atom. The molecule has 128 valence electrons. The first-order chi connectivity index (χ1) is 12.8. The van der Waals surface area contributed by atoms with Gasteiger partial charge in [0.2, 0.25) is 0 Å². The largest absolute Gasteiger partial charge is 0.504 e. The quantitative estimate of drug-likeness (QED) is 0.434. The van der Waals surface area contributed by atoms with E-state index in [0.29, 0.717) is 12.4 Å². The summed E-state index contributed by atoms with van der Waals surface area (Å²) in [6, 6.07) is 21.6. The molecule has 0 spiro atoms. The summed E-state index contributed by atoms with van der Waals surface area (Å²) in [5.74, 6) is 0.564. The first-order valence-electron chi connectivity index (χ1n) is 8.54. The third-order valence-electron chi connectivity index (χ3n) is 4.30. The van der Waals surface area contributed by atoms with Crippen molar-refractivity contribution in [3.05, 3.63) is 83.4 Å². The van der Waals surface area contributed by atoms with Crippen molar-refractivity contribution in [1.29, 1.82) is 0 Å². The van der Waals surface area contributed by atoms with Crippen molar-refractivity contribution in [1.82, 2.24) is 0 Å². The molecular weight excluding hydrogens is 324 g/mol. The number of hydrogen-bond donors (Lipinski definition) is 1. The predicted octanol–water partition coefficient (Wildman–Crippen LogP) is 4.64. The normalized spacial score (nSPS) is 12.1. The smallest absolute Gasteiger partial charge is 0.161 e. The van der Waals surface area contributed by atoms with Gasteiger partial charge in [0.1, 0.15) is 5.71 Å². The van der Waals surface area contributed by atoms with Gasteiger partial charge in [-0.1, -0.05) is 48.5 Å².